The van der Waals surface area contributed by atoms with Gasteiger partial charge < -0.3 is 9.84 Å². The van der Waals surface area contributed by atoms with E-state index >= 15 is 0 Å². The van der Waals surface area contributed by atoms with Crippen LogP contribution in [-0.2, 0) is 0 Å². The van der Waals surface area contributed by atoms with Crippen molar-refractivity contribution in [2.24, 2.45) is 0 Å². The van der Waals surface area contributed by atoms with Gasteiger partial charge in [0.15, 0.2) is 0 Å². The van der Waals surface area contributed by atoms with E-state index in [2.05, 4.69) is 22.9 Å². The molecule has 0 fully saturated rings. The van der Waals surface area contributed by atoms with Crippen LogP contribution in [0.3, 0.4) is 0 Å². The summed E-state index contributed by atoms with van der Waals surface area (Å²) in [6.45, 7) is 3.66. The van der Waals surface area contributed by atoms with Gasteiger partial charge in [-0.25, -0.2) is 0 Å². The monoisotopic (exact) mass is 261 g/mol. The van der Waals surface area contributed by atoms with E-state index in [9.17, 15) is 5.11 Å². The minimum absolute atomic E-state index is 0.471. The number of benzene rings is 1. The number of fused-ring (bicyclic) bond motifs is 1. The summed E-state index contributed by atoms with van der Waals surface area (Å²) in [4.78, 5) is 0. The molecule has 1 aromatic rings. The molecule has 1 heterocycles. The van der Waals surface area contributed by atoms with Crippen molar-refractivity contribution in [2.75, 3.05) is 0 Å². The second-order valence-corrected chi connectivity index (χ2v) is 4.23. The maximum Gasteiger partial charge on any atom is 0.144 e. The number of hydrogen-bond donors (Lipinski definition) is 1. The molecule has 1 radical (unpaired) electrons. The Bertz CT molecular complexity index is 354. The summed E-state index contributed by atoms with van der Waals surface area (Å²) in [6.07, 6.45) is -1.16. The van der Waals surface area contributed by atoms with Gasteiger partial charge in [0.25, 0.3) is 0 Å². The molecular formula is C9H7BrClO2. The Morgan fingerprint density at radius 3 is 2.92 bits per heavy atom. The van der Waals surface area contributed by atoms with E-state index in [4.69, 9.17) is 16.3 Å². The Balaban J connectivity index is 2.57. The summed E-state index contributed by atoms with van der Waals surface area (Å²) in [5.41, 5.74) is 0.694. The van der Waals surface area contributed by atoms with Crippen molar-refractivity contribution < 1.29 is 9.84 Å². The predicted octanol–water partition coefficient (Wildman–Crippen LogP) is 2.73. The van der Waals surface area contributed by atoms with Gasteiger partial charge in [-0.15, -0.1) is 0 Å². The van der Waals surface area contributed by atoms with Crippen LogP contribution in [-0.4, -0.2) is 11.2 Å². The summed E-state index contributed by atoms with van der Waals surface area (Å²) in [5.74, 6) is 0.539. The fourth-order valence-corrected chi connectivity index (χ4v) is 2.22. The molecule has 69 valence electrons. The lowest BCUT2D eigenvalue weighted by molar-refractivity contribution is 0.0951. The van der Waals surface area contributed by atoms with Crippen molar-refractivity contribution >= 4 is 27.5 Å². The highest BCUT2D eigenvalue weighted by atomic mass is 79.9. The second-order valence-electron chi connectivity index (χ2n) is 2.91. The Morgan fingerprint density at radius 1 is 1.54 bits per heavy atom. The average Bonchev–Trinajstić information content (AvgIpc) is 2.32. The molecule has 2 rings (SSSR count). The predicted molar refractivity (Wildman–Crippen MR) is 53.9 cm³/mol. The zero-order valence-electron chi connectivity index (χ0n) is 6.63. The molecule has 1 aliphatic heterocycles. The molecule has 2 atom stereocenters. The molecule has 0 aromatic heterocycles. The summed E-state index contributed by atoms with van der Waals surface area (Å²) < 4.78 is 6.12. The van der Waals surface area contributed by atoms with Crippen LogP contribution < -0.4 is 4.74 Å². The summed E-state index contributed by atoms with van der Waals surface area (Å²) >= 11 is 9.20. The van der Waals surface area contributed by atoms with Gasteiger partial charge in [0.2, 0.25) is 0 Å². The number of rotatable bonds is 0. The van der Waals surface area contributed by atoms with Crippen LogP contribution in [0.4, 0.5) is 0 Å². The van der Waals surface area contributed by atoms with Crippen molar-refractivity contribution in [1.29, 1.82) is 0 Å². The van der Waals surface area contributed by atoms with Gasteiger partial charge in [-0.3, -0.25) is 0 Å². The van der Waals surface area contributed by atoms with Crippen molar-refractivity contribution in [3.63, 3.8) is 0 Å². The van der Waals surface area contributed by atoms with Crippen molar-refractivity contribution in [2.45, 2.75) is 12.2 Å². The standard InChI is InChI=1S/C9H7BrClO2/c1-4-8(12)6-2-5(10)3-7(11)9(6)13-4/h2-4,8,12H,1H2. The van der Waals surface area contributed by atoms with Gasteiger partial charge in [0.05, 0.1) is 5.02 Å². The molecule has 0 aliphatic carbocycles. The molecule has 1 aromatic carbocycles. The van der Waals surface area contributed by atoms with Gasteiger partial charge in [0, 0.05) is 10.0 Å². The van der Waals surface area contributed by atoms with Gasteiger partial charge >= 0.3 is 0 Å². The lowest BCUT2D eigenvalue weighted by Gasteiger charge is -2.06. The molecule has 2 nitrogen and oxygen atoms in total. The van der Waals surface area contributed by atoms with Gasteiger partial charge in [-0.2, -0.15) is 0 Å². The maximum atomic E-state index is 9.63. The highest BCUT2D eigenvalue weighted by Gasteiger charge is 2.31. The largest absolute Gasteiger partial charge is 0.485 e. The van der Waals surface area contributed by atoms with E-state index in [-0.39, 0.29) is 0 Å². The first-order valence-electron chi connectivity index (χ1n) is 3.76. The molecule has 13 heavy (non-hydrogen) atoms. The number of hydrogen-bond acceptors (Lipinski definition) is 2. The number of halogens is 2. The van der Waals surface area contributed by atoms with Gasteiger partial charge in [-0.05, 0) is 19.1 Å². The normalized spacial score (nSPS) is 25.5. The highest BCUT2D eigenvalue weighted by Crippen LogP contribution is 2.43. The molecule has 1 aliphatic rings. The first-order valence-corrected chi connectivity index (χ1v) is 4.93. The van der Waals surface area contributed by atoms with E-state index < -0.39 is 12.2 Å². The molecule has 0 spiro atoms. The molecule has 0 amide bonds. The topological polar surface area (TPSA) is 29.5 Å². The van der Waals surface area contributed by atoms with E-state index in [1.165, 1.54) is 0 Å². The van der Waals surface area contributed by atoms with Crippen LogP contribution in [0.2, 0.25) is 5.02 Å². The van der Waals surface area contributed by atoms with E-state index in [1.807, 2.05) is 0 Å². The first kappa shape index (κ1) is 9.31. The Kier molecular flexibility index (Phi) is 2.26. The Hall–Kier alpha value is -0.250. The fraction of sp³-hybridized carbons (Fsp3) is 0.222. The smallest absolute Gasteiger partial charge is 0.144 e. The average molecular weight is 263 g/mol. The van der Waals surface area contributed by atoms with E-state index in [1.54, 1.807) is 12.1 Å². The summed E-state index contributed by atoms with van der Waals surface area (Å²) in [5, 5.41) is 10.1. The highest BCUT2D eigenvalue weighted by molar-refractivity contribution is 9.10. The van der Waals surface area contributed by atoms with Crippen LogP contribution in [0.15, 0.2) is 16.6 Å². The molecule has 4 heteroatoms. The quantitative estimate of drug-likeness (QED) is 0.779. The van der Waals surface area contributed by atoms with Crippen molar-refractivity contribution in [1.82, 2.24) is 0 Å². The second kappa shape index (κ2) is 3.15. The molecule has 0 bridgehead atoms. The van der Waals surface area contributed by atoms with Crippen LogP contribution >= 0.6 is 27.5 Å². The van der Waals surface area contributed by atoms with E-state index in [0.717, 1.165) is 4.47 Å². The number of aliphatic hydroxyl groups excluding tert-OH is 1. The third-order valence-corrected chi connectivity index (χ3v) is 2.72. The van der Waals surface area contributed by atoms with Gasteiger partial charge in [0.1, 0.15) is 18.0 Å². The lowest BCUT2D eigenvalue weighted by Crippen LogP contribution is -2.13. The zero-order valence-corrected chi connectivity index (χ0v) is 8.97. The third kappa shape index (κ3) is 1.45. The Labute approximate surface area is 89.6 Å². The Morgan fingerprint density at radius 2 is 2.23 bits per heavy atom. The van der Waals surface area contributed by atoms with E-state index in [0.29, 0.717) is 16.3 Å². The van der Waals surface area contributed by atoms with Crippen molar-refractivity contribution in [3.05, 3.63) is 34.1 Å². The SMILES string of the molecule is [CH2]C1Oc2c(Cl)cc(Br)cc2C1O. The molecule has 0 saturated heterocycles. The maximum absolute atomic E-state index is 9.63. The third-order valence-electron chi connectivity index (χ3n) is 1.98. The number of aliphatic hydroxyl groups is 1. The van der Waals surface area contributed by atoms with Crippen LogP contribution in [0.1, 0.15) is 11.7 Å². The molecular weight excluding hydrogens is 255 g/mol. The van der Waals surface area contributed by atoms with Crippen molar-refractivity contribution in [3.8, 4) is 5.75 Å². The first-order chi connectivity index (χ1) is 6.09. The fourth-order valence-electron chi connectivity index (χ4n) is 1.34. The summed E-state index contributed by atoms with van der Waals surface area (Å²) in [6, 6.07) is 3.52. The summed E-state index contributed by atoms with van der Waals surface area (Å²) in [7, 11) is 0. The number of ether oxygens (including phenoxy) is 1. The molecule has 0 saturated carbocycles. The lowest BCUT2D eigenvalue weighted by atomic mass is 10.1. The van der Waals surface area contributed by atoms with Crippen LogP contribution in [0.25, 0.3) is 0 Å². The molecule has 2 unspecified atom stereocenters. The zero-order chi connectivity index (χ0) is 9.59. The minimum atomic E-state index is -0.690. The molecule has 1 N–H and O–H groups in total. The van der Waals surface area contributed by atoms with Crippen LogP contribution in [0, 0.1) is 6.92 Å². The van der Waals surface area contributed by atoms with Gasteiger partial charge in [-0.1, -0.05) is 27.5 Å². The minimum Gasteiger partial charge on any atom is -0.485 e. The van der Waals surface area contributed by atoms with Crippen LogP contribution in [0.5, 0.6) is 5.75 Å².